The van der Waals surface area contributed by atoms with Crippen LogP contribution in [0.25, 0.3) is 16.9 Å². The van der Waals surface area contributed by atoms with Crippen LogP contribution in [-0.4, -0.2) is 29.9 Å². The summed E-state index contributed by atoms with van der Waals surface area (Å²) in [6.45, 7) is 2.46. The average molecular weight is 423 g/mol. The van der Waals surface area contributed by atoms with Gasteiger partial charge in [-0.15, -0.1) is 0 Å². The lowest BCUT2D eigenvalue weighted by Gasteiger charge is -2.09. The van der Waals surface area contributed by atoms with Gasteiger partial charge in [-0.2, -0.15) is 0 Å². The summed E-state index contributed by atoms with van der Waals surface area (Å²) in [6.07, 6.45) is 5.38. The van der Waals surface area contributed by atoms with Gasteiger partial charge in [-0.1, -0.05) is 12.1 Å². The van der Waals surface area contributed by atoms with E-state index in [9.17, 15) is 8.42 Å². The number of benzene rings is 2. The Balaban J connectivity index is 1.60. The highest BCUT2D eigenvalue weighted by atomic mass is 32.2. The summed E-state index contributed by atoms with van der Waals surface area (Å²) in [5, 5.41) is 8.40. The second-order valence-corrected chi connectivity index (χ2v) is 8.40. The minimum Gasteiger partial charge on any atom is -0.496 e. The third-order valence-corrected chi connectivity index (χ3v) is 5.76. The van der Waals surface area contributed by atoms with Gasteiger partial charge in [0.1, 0.15) is 5.75 Å². The number of nitrogens with one attached hydrogen (secondary N) is 1. The Morgan fingerprint density at radius 1 is 1.13 bits per heavy atom. The van der Waals surface area contributed by atoms with Crippen LogP contribution < -0.4 is 15.2 Å². The summed E-state index contributed by atoms with van der Waals surface area (Å²) < 4.78 is 30.1. The van der Waals surface area contributed by atoms with Crippen molar-refractivity contribution in [1.29, 1.82) is 0 Å². The summed E-state index contributed by atoms with van der Waals surface area (Å²) >= 11 is 0. The van der Waals surface area contributed by atoms with Crippen molar-refractivity contribution < 1.29 is 13.2 Å². The van der Waals surface area contributed by atoms with E-state index in [1.807, 2.05) is 35.9 Å². The summed E-state index contributed by atoms with van der Waals surface area (Å²) in [4.78, 5) is 9.02. The van der Waals surface area contributed by atoms with Gasteiger partial charge in [-0.05, 0) is 48.4 Å². The summed E-state index contributed by atoms with van der Waals surface area (Å²) in [6, 6.07) is 12.4. The lowest BCUT2D eigenvalue weighted by molar-refractivity contribution is 0.412. The topological polar surface area (TPSA) is 112 Å². The number of primary sulfonamides is 1. The molecule has 8 nitrogen and oxygen atoms in total. The number of rotatable bonds is 6. The highest BCUT2D eigenvalue weighted by Gasteiger charge is 2.12. The Hall–Kier alpha value is -3.43. The monoisotopic (exact) mass is 423 g/mol. The Labute approximate surface area is 174 Å². The number of aromatic nitrogens is 3. The number of hydrogen-bond donors (Lipinski definition) is 2. The number of nitrogens with zero attached hydrogens (tertiary/aromatic N) is 3. The van der Waals surface area contributed by atoms with Crippen molar-refractivity contribution in [3.8, 4) is 17.0 Å². The van der Waals surface area contributed by atoms with Gasteiger partial charge < -0.3 is 10.1 Å². The molecule has 0 saturated heterocycles. The molecule has 4 rings (SSSR count). The first kappa shape index (κ1) is 19.9. The van der Waals surface area contributed by atoms with Crippen molar-refractivity contribution in [2.24, 2.45) is 5.14 Å². The van der Waals surface area contributed by atoms with Crippen LogP contribution in [-0.2, 0) is 16.6 Å². The molecule has 0 aliphatic heterocycles. The molecule has 2 aromatic heterocycles. The Morgan fingerprint density at radius 3 is 2.57 bits per heavy atom. The van der Waals surface area contributed by atoms with Crippen molar-refractivity contribution >= 4 is 21.5 Å². The van der Waals surface area contributed by atoms with Crippen LogP contribution >= 0.6 is 0 Å². The number of hydrogen-bond acceptors (Lipinski definition) is 6. The zero-order chi connectivity index (χ0) is 21.3. The molecule has 0 radical (unpaired) electrons. The second kappa shape index (κ2) is 7.77. The van der Waals surface area contributed by atoms with Crippen LogP contribution in [0.4, 0.5) is 5.82 Å². The van der Waals surface area contributed by atoms with E-state index in [4.69, 9.17) is 9.88 Å². The van der Waals surface area contributed by atoms with E-state index in [2.05, 4.69) is 21.4 Å². The van der Waals surface area contributed by atoms with E-state index in [0.717, 1.165) is 28.1 Å². The van der Waals surface area contributed by atoms with Crippen LogP contribution in [0.1, 0.15) is 11.1 Å². The zero-order valence-electron chi connectivity index (χ0n) is 16.5. The number of ether oxygens (including phenoxy) is 1. The van der Waals surface area contributed by atoms with E-state index in [-0.39, 0.29) is 4.90 Å². The Kier molecular flexibility index (Phi) is 5.15. The summed E-state index contributed by atoms with van der Waals surface area (Å²) in [7, 11) is -2.05. The summed E-state index contributed by atoms with van der Waals surface area (Å²) in [5.41, 5.74) is 4.60. The number of aryl methyl sites for hydroxylation is 1. The average Bonchev–Trinajstić information content (AvgIpc) is 3.16. The van der Waals surface area contributed by atoms with Crippen LogP contribution in [0, 0.1) is 6.92 Å². The van der Waals surface area contributed by atoms with E-state index in [1.54, 1.807) is 25.4 Å². The predicted molar refractivity (Wildman–Crippen MR) is 115 cm³/mol. The molecule has 0 fully saturated rings. The van der Waals surface area contributed by atoms with Gasteiger partial charge in [0.2, 0.25) is 10.0 Å². The summed E-state index contributed by atoms with van der Waals surface area (Å²) in [5.74, 6) is 1.47. The molecule has 9 heteroatoms. The third-order valence-electron chi connectivity index (χ3n) is 4.83. The van der Waals surface area contributed by atoms with Crippen LogP contribution in [0.2, 0.25) is 0 Å². The van der Waals surface area contributed by atoms with Gasteiger partial charge in [0.25, 0.3) is 0 Å². The maximum absolute atomic E-state index is 11.4. The fourth-order valence-electron chi connectivity index (χ4n) is 3.28. The van der Waals surface area contributed by atoms with Crippen LogP contribution in [0.15, 0.2) is 66.0 Å². The predicted octanol–water partition coefficient (Wildman–Crippen LogP) is 2.97. The SMILES string of the molecule is COc1ccc(-c2cnc3c(NCc4ccc(S(N)(=O)=O)cc4)nccn23)cc1C. The molecule has 0 aliphatic rings. The highest BCUT2D eigenvalue weighted by molar-refractivity contribution is 7.89. The fraction of sp³-hybridized carbons (Fsp3) is 0.143. The van der Waals surface area contributed by atoms with Crippen molar-refractivity contribution in [2.75, 3.05) is 12.4 Å². The van der Waals surface area contributed by atoms with Crippen molar-refractivity contribution in [1.82, 2.24) is 14.4 Å². The quantitative estimate of drug-likeness (QED) is 0.493. The van der Waals surface area contributed by atoms with Gasteiger partial charge in [0, 0.05) is 24.5 Å². The maximum Gasteiger partial charge on any atom is 0.238 e. The molecule has 2 aromatic carbocycles. The maximum atomic E-state index is 11.4. The normalized spacial score (nSPS) is 11.6. The van der Waals surface area contributed by atoms with Crippen LogP contribution in [0.5, 0.6) is 5.75 Å². The van der Waals surface area contributed by atoms with Gasteiger partial charge in [0.15, 0.2) is 11.5 Å². The molecule has 0 amide bonds. The highest BCUT2D eigenvalue weighted by Crippen LogP contribution is 2.28. The molecule has 0 atom stereocenters. The number of fused-ring (bicyclic) bond motifs is 1. The van der Waals surface area contributed by atoms with Gasteiger partial charge in [-0.3, -0.25) is 4.40 Å². The van der Waals surface area contributed by atoms with Gasteiger partial charge in [-0.25, -0.2) is 23.5 Å². The number of anilines is 1. The molecule has 154 valence electrons. The van der Waals surface area contributed by atoms with Crippen molar-refractivity contribution in [3.05, 3.63) is 72.2 Å². The zero-order valence-corrected chi connectivity index (χ0v) is 17.3. The van der Waals surface area contributed by atoms with Gasteiger partial charge in [0.05, 0.1) is 23.9 Å². The van der Waals surface area contributed by atoms with E-state index in [0.29, 0.717) is 18.0 Å². The van der Waals surface area contributed by atoms with Gasteiger partial charge >= 0.3 is 0 Å². The Bertz CT molecular complexity index is 1310. The minimum atomic E-state index is -3.70. The first-order valence-corrected chi connectivity index (χ1v) is 10.7. The standard InChI is InChI=1S/C21H21N5O3S/c1-14-11-16(5-8-19(14)29-2)18-13-25-21-20(23-9-10-26(18)21)24-12-15-3-6-17(7-4-15)30(22,27)28/h3-11,13H,12H2,1-2H3,(H,23,24)(H2,22,27,28). The minimum absolute atomic E-state index is 0.0826. The number of sulfonamides is 1. The van der Waals surface area contributed by atoms with Crippen molar-refractivity contribution in [3.63, 3.8) is 0 Å². The van der Waals surface area contributed by atoms with Crippen LogP contribution in [0.3, 0.4) is 0 Å². The molecule has 0 saturated carbocycles. The molecule has 4 aromatic rings. The largest absolute Gasteiger partial charge is 0.496 e. The second-order valence-electron chi connectivity index (χ2n) is 6.84. The Morgan fingerprint density at radius 2 is 1.90 bits per heavy atom. The molecular formula is C21H21N5O3S. The van der Waals surface area contributed by atoms with Crippen molar-refractivity contribution in [2.45, 2.75) is 18.4 Å². The third kappa shape index (κ3) is 3.85. The molecule has 0 spiro atoms. The number of nitrogens with two attached hydrogens (primary N) is 1. The molecular weight excluding hydrogens is 402 g/mol. The fourth-order valence-corrected chi connectivity index (χ4v) is 3.79. The smallest absolute Gasteiger partial charge is 0.238 e. The lowest BCUT2D eigenvalue weighted by atomic mass is 10.1. The van der Waals surface area contributed by atoms with E-state index < -0.39 is 10.0 Å². The molecule has 0 aliphatic carbocycles. The van der Waals surface area contributed by atoms with E-state index in [1.165, 1.54) is 12.1 Å². The molecule has 0 unspecified atom stereocenters. The first-order chi connectivity index (χ1) is 14.4. The molecule has 0 bridgehead atoms. The number of methoxy groups -OCH3 is 1. The first-order valence-electron chi connectivity index (χ1n) is 9.19. The number of imidazole rings is 1. The molecule has 2 heterocycles. The molecule has 3 N–H and O–H groups in total. The lowest BCUT2D eigenvalue weighted by Crippen LogP contribution is -2.12. The molecule has 30 heavy (non-hydrogen) atoms. The van der Waals surface area contributed by atoms with E-state index >= 15 is 0 Å².